The summed E-state index contributed by atoms with van der Waals surface area (Å²) in [5.41, 5.74) is 8.33. The van der Waals surface area contributed by atoms with E-state index < -0.39 is 9.28 Å². The summed E-state index contributed by atoms with van der Waals surface area (Å²) in [5, 5.41) is 0. The lowest BCUT2D eigenvalue weighted by Gasteiger charge is -2.14. The summed E-state index contributed by atoms with van der Waals surface area (Å²) in [5.74, 6) is 0. The van der Waals surface area contributed by atoms with E-state index in [4.69, 9.17) is 14.6 Å². The molecule has 0 aliphatic heterocycles. The van der Waals surface area contributed by atoms with Crippen molar-refractivity contribution in [2.24, 2.45) is 5.73 Å². The minimum absolute atomic E-state index is 0.760. The van der Waals surface area contributed by atoms with Gasteiger partial charge in [0.25, 0.3) is 0 Å². The van der Waals surface area contributed by atoms with Crippen LogP contribution in [0.15, 0.2) is 11.3 Å². The Hall–Kier alpha value is -0.323. The summed E-state index contributed by atoms with van der Waals surface area (Å²) < 4.78 is 11.2. The Morgan fingerprint density at radius 1 is 1.12 bits per heavy atom. The Balaban J connectivity index is 3.84. The predicted molar refractivity (Wildman–Crippen MR) is 71.6 cm³/mol. The molecule has 0 aromatic rings. The third-order valence-corrected chi connectivity index (χ3v) is 4.96. The van der Waals surface area contributed by atoms with E-state index in [-0.39, 0.29) is 0 Å². The number of rotatable bonds is 9. The first kappa shape index (κ1) is 15.7. The summed E-state index contributed by atoms with van der Waals surface area (Å²) in [6.07, 6.45) is 3.10. The molecule has 0 aliphatic carbocycles. The van der Waals surface area contributed by atoms with Gasteiger partial charge in [0.1, 0.15) is 0 Å². The van der Waals surface area contributed by atoms with E-state index in [1.165, 1.54) is 5.57 Å². The first-order chi connectivity index (χ1) is 7.65. The van der Waals surface area contributed by atoms with Crippen LogP contribution in [-0.2, 0) is 8.85 Å². The van der Waals surface area contributed by atoms with E-state index in [2.05, 4.69) is 13.8 Å². The maximum Gasteiger partial charge on any atom is 0.321 e. The van der Waals surface area contributed by atoms with Gasteiger partial charge in [-0.15, -0.1) is 0 Å². The molecule has 0 fully saturated rings. The molecule has 0 unspecified atom stereocenters. The van der Waals surface area contributed by atoms with Crippen LogP contribution in [0.25, 0.3) is 0 Å². The Kier molecular flexibility index (Phi) is 9.67. The van der Waals surface area contributed by atoms with E-state index in [0.717, 1.165) is 44.2 Å². The van der Waals surface area contributed by atoms with E-state index in [9.17, 15) is 0 Å². The van der Waals surface area contributed by atoms with Gasteiger partial charge in [-0.1, -0.05) is 12.5 Å². The maximum atomic E-state index is 5.98. The van der Waals surface area contributed by atoms with Gasteiger partial charge < -0.3 is 14.6 Å². The molecule has 0 atom stereocenters. The van der Waals surface area contributed by atoms with Crippen molar-refractivity contribution in [2.45, 2.75) is 53.0 Å². The summed E-state index contributed by atoms with van der Waals surface area (Å²) in [6.45, 7) is 9.81. The van der Waals surface area contributed by atoms with Crippen molar-refractivity contribution in [3.05, 3.63) is 11.3 Å². The maximum absolute atomic E-state index is 5.98. The summed E-state index contributed by atoms with van der Waals surface area (Å²) in [7, 11) is -1.41. The van der Waals surface area contributed by atoms with Gasteiger partial charge in [-0.25, -0.2) is 0 Å². The molecule has 0 amide bonds. The molecular weight excluding hydrogens is 218 g/mol. The van der Waals surface area contributed by atoms with Crippen LogP contribution in [0.5, 0.6) is 0 Å². The second-order valence-electron chi connectivity index (χ2n) is 3.89. The molecule has 3 nitrogen and oxygen atoms in total. The first-order valence-corrected chi connectivity index (χ1v) is 8.08. The average Bonchev–Trinajstić information content (AvgIpc) is 2.28. The van der Waals surface area contributed by atoms with Crippen molar-refractivity contribution in [3.8, 4) is 0 Å². The second-order valence-corrected chi connectivity index (χ2v) is 5.99. The lowest BCUT2D eigenvalue weighted by Crippen LogP contribution is -2.22. The highest BCUT2D eigenvalue weighted by atomic mass is 28.3. The van der Waals surface area contributed by atoms with Crippen LogP contribution in [0.1, 0.15) is 47.0 Å². The van der Waals surface area contributed by atoms with Crippen molar-refractivity contribution < 1.29 is 8.85 Å². The lowest BCUT2D eigenvalue weighted by molar-refractivity contribution is 0.213. The molecule has 4 heteroatoms. The average molecular weight is 245 g/mol. The SMILES string of the molecule is CCO[SiH](CCCC(N)=C(C)CC)OCC. The van der Waals surface area contributed by atoms with Crippen LogP contribution in [0.2, 0.25) is 6.04 Å². The van der Waals surface area contributed by atoms with Crippen molar-refractivity contribution >= 4 is 9.28 Å². The zero-order chi connectivity index (χ0) is 12.4. The van der Waals surface area contributed by atoms with Crippen molar-refractivity contribution in [1.82, 2.24) is 0 Å². The molecule has 0 saturated carbocycles. The number of hydrogen-bond donors (Lipinski definition) is 1. The van der Waals surface area contributed by atoms with Gasteiger partial charge >= 0.3 is 9.28 Å². The quantitative estimate of drug-likeness (QED) is 0.635. The van der Waals surface area contributed by atoms with Crippen LogP contribution in [0.4, 0.5) is 0 Å². The van der Waals surface area contributed by atoms with Crippen molar-refractivity contribution in [1.29, 1.82) is 0 Å². The molecule has 16 heavy (non-hydrogen) atoms. The van der Waals surface area contributed by atoms with Gasteiger partial charge in [0.15, 0.2) is 0 Å². The fourth-order valence-electron chi connectivity index (χ4n) is 1.49. The first-order valence-electron chi connectivity index (χ1n) is 6.32. The van der Waals surface area contributed by atoms with E-state index in [1.807, 2.05) is 13.8 Å². The van der Waals surface area contributed by atoms with Crippen molar-refractivity contribution in [3.63, 3.8) is 0 Å². The summed E-state index contributed by atoms with van der Waals surface area (Å²) in [6, 6.07) is 1.05. The highest BCUT2D eigenvalue weighted by Gasteiger charge is 2.11. The fourth-order valence-corrected chi connectivity index (χ4v) is 3.20. The molecular formula is C12H27NO2Si. The molecule has 0 aliphatic rings. The molecule has 0 radical (unpaired) electrons. The molecule has 0 aromatic heterocycles. The van der Waals surface area contributed by atoms with Gasteiger partial charge in [0.05, 0.1) is 0 Å². The molecule has 0 bridgehead atoms. The molecule has 0 saturated heterocycles. The minimum atomic E-state index is -1.41. The van der Waals surface area contributed by atoms with Crippen LogP contribution in [-0.4, -0.2) is 22.5 Å². The normalized spacial score (nSPS) is 13.1. The molecule has 0 aromatic carbocycles. The third-order valence-electron chi connectivity index (χ3n) is 2.67. The van der Waals surface area contributed by atoms with Crippen LogP contribution in [0.3, 0.4) is 0 Å². The Bertz CT molecular complexity index is 201. The molecule has 0 heterocycles. The van der Waals surface area contributed by atoms with E-state index in [1.54, 1.807) is 0 Å². The summed E-state index contributed by atoms with van der Waals surface area (Å²) >= 11 is 0. The van der Waals surface area contributed by atoms with Gasteiger partial charge in [-0.2, -0.15) is 0 Å². The highest BCUT2D eigenvalue weighted by molar-refractivity contribution is 6.44. The van der Waals surface area contributed by atoms with Crippen LogP contribution in [0, 0.1) is 0 Å². The Morgan fingerprint density at radius 3 is 2.12 bits per heavy atom. The fraction of sp³-hybridized carbons (Fsp3) is 0.833. The van der Waals surface area contributed by atoms with Gasteiger partial charge in [-0.05, 0) is 46.1 Å². The Labute approximate surface area is 102 Å². The number of hydrogen-bond acceptors (Lipinski definition) is 3. The monoisotopic (exact) mass is 245 g/mol. The standard InChI is InChI=1S/C12H27NO2Si/c1-5-11(4)12(13)9-8-10-16(14-6-2)15-7-3/h16H,5-10,13H2,1-4H3. The highest BCUT2D eigenvalue weighted by Crippen LogP contribution is 2.12. The third kappa shape index (κ3) is 7.03. The zero-order valence-electron chi connectivity index (χ0n) is 11.2. The lowest BCUT2D eigenvalue weighted by atomic mass is 10.1. The smallest absolute Gasteiger partial charge is 0.321 e. The number of nitrogens with two attached hydrogens (primary N) is 1. The van der Waals surface area contributed by atoms with Crippen molar-refractivity contribution in [2.75, 3.05) is 13.2 Å². The van der Waals surface area contributed by atoms with E-state index >= 15 is 0 Å². The zero-order valence-corrected chi connectivity index (χ0v) is 12.4. The van der Waals surface area contributed by atoms with Gasteiger partial charge in [-0.3, -0.25) is 0 Å². The van der Waals surface area contributed by atoms with Crippen LogP contribution >= 0.6 is 0 Å². The molecule has 0 rings (SSSR count). The summed E-state index contributed by atoms with van der Waals surface area (Å²) in [4.78, 5) is 0. The molecule has 96 valence electrons. The molecule has 2 N–H and O–H groups in total. The van der Waals surface area contributed by atoms with Gasteiger partial charge in [0.2, 0.25) is 0 Å². The van der Waals surface area contributed by atoms with E-state index in [0.29, 0.717) is 0 Å². The topological polar surface area (TPSA) is 44.5 Å². The number of allylic oxidation sites excluding steroid dienone is 2. The Morgan fingerprint density at radius 2 is 1.69 bits per heavy atom. The van der Waals surface area contributed by atoms with Crippen LogP contribution < -0.4 is 5.73 Å². The molecule has 0 spiro atoms. The largest absolute Gasteiger partial charge is 0.402 e. The predicted octanol–water partition coefficient (Wildman–Crippen LogP) is 2.70. The second kappa shape index (κ2) is 9.87. The van der Waals surface area contributed by atoms with Gasteiger partial charge in [0, 0.05) is 18.9 Å². The minimum Gasteiger partial charge on any atom is -0.402 e.